The lowest BCUT2D eigenvalue weighted by Gasteiger charge is -2.31. The molecule has 0 aliphatic heterocycles. The van der Waals surface area contributed by atoms with Crippen LogP contribution in [-0.2, 0) is 24.4 Å². The van der Waals surface area contributed by atoms with Gasteiger partial charge in [-0.25, -0.2) is 4.68 Å². The second-order valence-electron chi connectivity index (χ2n) is 8.72. The molecule has 3 aromatic heterocycles. The molecule has 5 aromatic rings. The highest BCUT2D eigenvalue weighted by Gasteiger charge is 2.31. The number of pyridine rings is 1. The van der Waals surface area contributed by atoms with Crippen LogP contribution in [0.1, 0.15) is 33.4 Å². The van der Waals surface area contributed by atoms with E-state index in [4.69, 9.17) is 4.74 Å². The zero-order valence-corrected chi connectivity index (χ0v) is 21.1. The number of para-hydroxylation sites is 1. The molecule has 0 unspecified atom stereocenters. The quantitative estimate of drug-likeness (QED) is 0.307. The van der Waals surface area contributed by atoms with E-state index < -0.39 is 6.04 Å². The number of tetrazole rings is 1. The number of hydrogen-bond acceptors (Lipinski definition) is 7. The number of fused-ring (bicyclic) bond motifs is 1. The molecule has 36 heavy (non-hydrogen) atoms. The van der Waals surface area contributed by atoms with Gasteiger partial charge in [-0.05, 0) is 51.4 Å². The summed E-state index contributed by atoms with van der Waals surface area (Å²) >= 11 is 1.69. The average molecular weight is 501 g/mol. The third-order valence-corrected chi connectivity index (χ3v) is 7.12. The minimum Gasteiger partial charge on any atom is -0.383 e. The number of aromatic amines is 1. The maximum absolute atomic E-state index is 13.6. The minimum absolute atomic E-state index is 0.146. The largest absolute Gasteiger partial charge is 0.383 e. The van der Waals surface area contributed by atoms with Gasteiger partial charge in [0.15, 0.2) is 5.82 Å². The summed E-state index contributed by atoms with van der Waals surface area (Å²) in [6.45, 7) is 4.20. The number of thiophene rings is 1. The van der Waals surface area contributed by atoms with Crippen molar-refractivity contribution >= 4 is 22.2 Å². The SMILES string of the molecule is COCCn1nnnc1[C@@H](c1cc2cccc(C)c2[nH]c1=O)N(Cc1ccccc1)Cc1cccs1. The highest BCUT2D eigenvalue weighted by Crippen LogP contribution is 2.31. The van der Waals surface area contributed by atoms with E-state index in [2.05, 4.69) is 49.0 Å². The van der Waals surface area contributed by atoms with Gasteiger partial charge in [0, 0.05) is 30.6 Å². The second kappa shape index (κ2) is 10.9. The Balaban J connectivity index is 1.68. The molecule has 0 spiro atoms. The predicted octanol–water partition coefficient (Wildman–Crippen LogP) is 4.32. The van der Waals surface area contributed by atoms with Crippen molar-refractivity contribution in [2.45, 2.75) is 32.6 Å². The zero-order chi connectivity index (χ0) is 24.9. The van der Waals surface area contributed by atoms with Crippen LogP contribution < -0.4 is 5.56 Å². The molecule has 5 rings (SSSR count). The van der Waals surface area contributed by atoms with Crippen LogP contribution in [0.5, 0.6) is 0 Å². The molecule has 0 aliphatic rings. The van der Waals surface area contributed by atoms with Crippen molar-refractivity contribution < 1.29 is 4.74 Å². The molecule has 0 amide bonds. The smallest absolute Gasteiger partial charge is 0.253 e. The fourth-order valence-corrected chi connectivity index (χ4v) is 5.24. The first kappa shape index (κ1) is 24.1. The molecular weight excluding hydrogens is 472 g/mol. The van der Waals surface area contributed by atoms with Gasteiger partial charge in [0.1, 0.15) is 6.04 Å². The number of aromatic nitrogens is 5. The number of aryl methyl sites for hydroxylation is 1. The van der Waals surface area contributed by atoms with Crippen molar-refractivity contribution in [1.29, 1.82) is 0 Å². The van der Waals surface area contributed by atoms with E-state index in [0.29, 0.717) is 37.6 Å². The van der Waals surface area contributed by atoms with E-state index in [1.165, 1.54) is 4.88 Å². The highest BCUT2D eigenvalue weighted by molar-refractivity contribution is 7.09. The lowest BCUT2D eigenvalue weighted by molar-refractivity contribution is 0.169. The van der Waals surface area contributed by atoms with Gasteiger partial charge in [0.25, 0.3) is 5.56 Å². The maximum Gasteiger partial charge on any atom is 0.253 e. The van der Waals surface area contributed by atoms with Crippen LogP contribution in [0.2, 0.25) is 0 Å². The van der Waals surface area contributed by atoms with Crippen molar-refractivity contribution in [1.82, 2.24) is 30.1 Å². The first-order valence-corrected chi connectivity index (χ1v) is 12.7. The Kier molecular flexibility index (Phi) is 7.31. The first-order valence-electron chi connectivity index (χ1n) is 11.8. The topological polar surface area (TPSA) is 88.9 Å². The Morgan fingerprint density at radius 3 is 2.72 bits per heavy atom. The number of H-pyrrole nitrogens is 1. The molecule has 0 fully saturated rings. The van der Waals surface area contributed by atoms with Gasteiger partial charge in [0.05, 0.1) is 18.7 Å². The van der Waals surface area contributed by atoms with Crippen molar-refractivity contribution in [3.05, 3.63) is 110 Å². The van der Waals surface area contributed by atoms with Gasteiger partial charge in [0.2, 0.25) is 0 Å². The fourth-order valence-electron chi connectivity index (χ4n) is 4.51. The molecule has 184 valence electrons. The van der Waals surface area contributed by atoms with Crippen LogP contribution in [-0.4, -0.2) is 43.8 Å². The van der Waals surface area contributed by atoms with Crippen molar-refractivity contribution in [3.63, 3.8) is 0 Å². The van der Waals surface area contributed by atoms with Crippen LogP contribution in [0.4, 0.5) is 0 Å². The first-order chi connectivity index (χ1) is 17.6. The summed E-state index contributed by atoms with van der Waals surface area (Å²) in [5.41, 5.74) is 3.47. The Morgan fingerprint density at radius 2 is 1.94 bits per heavy atom. The molecule has 9 heteroatoms. The van der Waals surface area contributed by atoms with Crippen molar-refractivity contribution in [3.8, 4) is 0 Å². The highest BCUT2D eigenvalue weighted by atomic mass is 32.1. The number of nitrogens with one attached hydrogen (secondary N) is 1. The van der Waals surface area contributed by atoms with Crippen LogP contribution in [0.3, 0.4) is 0 Å². The van der Waals surface area contributed by atoms with Gasteiger partial charge in [-0.1, -0.05) is 54.6 Å². The Morgan fingerprint density at radius 1 is 1.08 bits per heavy atom. The van der Waals surface area contributed by atoms with E-state index in [1.807, 2.05) is 55.5 Å². The van der Waals surface area contributed by atoms with E-state index in [1.54, 1.807) is 23.1 Å². The monoisotopic (exact) mass is 500 g/mol. The average Bonchev–Trinajstić information content (AvgIpc) is 3.57. The van der Waals surface area contributed by atoms with E-state index in [9.17, 15) is 4.79 Å². The number of hydrogen-bond donors (Lipinski definition) is 1. The number of benzene rings is 2. The summed E-state index contributed by atoms with van der Waals surface area (Å²) in [4.78, 5) is 20.2. The molecule has 8 nitrogen and oxygen atoms in total. The summed E-state index contributed by atoms with van der Waals surface area (Å²) in [6, 6.07) is 21.9. The number of nitrogens with zero attached hydrogens (tertiary/aromatic N) is 5. The lowest BCUT2D eigenvalue weighted by Crippen LogP contribution is -2.35. The summed E-state index contributed by atoms with van der Waals surface area (Å²) in [5, 5.41) is 15.7. The summed E-state index contributed by atoms with van der Waals surface area (Å²) in [7, 11) is 1.65. The van der Waals surface area contributed by atoms with Crippen LogP contribution in [0, 0.1) is 6.92 Å². The normalized spacial score (nSPS) is 12.4. The number of methoxy groups -OCH3 is 1. The third kappa shape index (κ3) is 5.13. The van der Waals surface area contributed by atoms with Crippen LogP contribution >= 0.6 is 11.3 Å². The van der Waals surface area contributed by atoms with Gasteiger partial charge < -0.3 is 9.72 Å². The molecule has 0 saturated carbocycles. The molecule has 0 bridgehead atoms. The molecule has 2 aromatic carbocycles. The van der Waals surface area contributed by atoms with Crippen molar-refractivity contribution in [2.24, 2.45) is 0 Å². The second-order valence-corrected chi connectivity index (χ2v) is 9.75. The Labute approximate surface area is 213 Å². The molecule has 3 heterocycles. The third-order valence-electron chi connectivity index (χ3n) is 6.26. The summed E-state index contributed by atoms with van der Waals surface area (Å²) in [5.74, 6) is 0.608. The molecule has 1 N–H and O–H groups in total. The Hall–Kier alpha value is -3.66. The molecule has 0 radical (unpaired) electrons. The number of rotatable bonds is 10. The van der Waals surface area contributed by atoms with Crippen LogP contribution in [0.15, 0.2) is 76.9 Å². The predicted molar refractivity (Wildman–Crippen MR) is 141 cm³/mol. The van der Waals surface area contributed by atoms with Gasteiger partial charge in [-0.3, -0.25) is 9.69 Å². The lowest BCUT2D eigenvalue weighted by atomic mass is 10.0. The van der Waals surface area contributed by atoms with E-state index >= 15 is 0 Å². The summed E-state index contributed by atoms with van der Waals surface area (Å²) in [6.07, 6.45) is 0. The zero-order valence-electron chi connectivity index (χ0n) is 20.3. The molecule has 0 saturated heterocycles. The van der Waals surface area contributed by atoms with Gasteiger partial charge in [-0.2, -0.15) is 0 Å². The maximum atomic E-state index is 13.6. The number of ether oxygens (including phenoxy) is 1. The van der Waals surface area contributed by atoms with E-state index in [-0.39, 0.29) is 5.56 Å². The van der Waals surface area contributed by atoms with Crippen molar-refractivity contribution in [2.75, 3.05) is 13.7 Å². The van der Waals surface area contributed by atoms with Crippen LogP contribution in [0.25, 0.3) is 10.9 Å². The Bertz CT molecular complexity index is 1480. The van der Waals surface area contributed by atoms with E-state index in [0.717, 1.165) is 22.0 Å². The minimum atomic E-state index is -0.479. The standard InChI is InChI=1S/C27H28N6O2S/c1-19-8-6-11-21-16-23(27(34)28-24(19)21)25(26-29-30-31-33(26)13-14-35-2)32(18-22-12-7-15-36-22)17-20-9-4-3-5-10-20/h3-12,15-16,25H,13-14,17-18H2,1-2H3,(H,28,34)/t25-/m1/s1. The fraction of sp³-hybridized carbons (Fsp3) is 0.259. The van der Waals surface area contributed by atoms with Gasteiger partial charge >= 0.3 is 0 Å². The molecule has 1 atom stereocenters. The summed E-state index contributed by atoms with van der Waals surface area (Å²) < 4.78 is 7.03. The van der Waals surface area contributed by atoms with Gasteiger partial charge in [-0.15, -0.1) is 16.4 Å². The molecule has 0 aliphatic carbocycles. The molecular formula is C27H28N6O2S.